The van der Waals surface area contributed by atoms with Crippen LogP contribution in [0.1, 0.15) is 61.9 Å². The lowest BCUT2D eigenvalue weighted by Gasteiger charge is -2.29. The van der Waals surface area contributed by atoms with Crippen LogP contribution in [0.2, 0.25) is 0 Å². The van der Waals surface area contributed by atoms with Crippen LogP contribution in [0.5, 0.6) is 0 Å². The minimum Gasteiger partial charge on any atom is -0.343 e. The number of aromatic nitrogens is 2. The van der Waals surface area contributed by atoms with Crippen molar-refractivity contribution in [3.05, 3.63) is 90.0 Å². The molecule has 1 saturated heterocycles. The number of nitrogens with one attached hydrogen (secondary N) is 1. The number of hydrogen-bond acceptors (Lipinski definition) is 3. The largest absolute Gasteiger partial charge is 0.343 e. The maximum absolute atomic E-state index is 14.5. The zero-order chi connectivity index (χ0) is 24.2. The lowest BCUT2D eigenvalue weighted by molar-refractivity contribution is -0.140. The van der Waals surface area contributed by atoms with Gasteiger partial charge in [0.2, 0.25) is 11.8 Å². The predicted octanol–water partition coefficient (Wildman–Crippen LogP) is 4.41. The summed E-state index contributed by atoms with van der Waals surface area (Å²) in [7, 11) is 0. The standard InChI is InChI=1S/C27H31FN4O2/c1-18(2)20-9-11-22(12-10-20)25(21-7-5-4-6-8-21)30-26(33)24-15-23(28)16-32(24)27(34)19(3)31-14-13-29-17-31/h4-14,17-19,23-25H,15-16H2,1-3H3,(H,30,33). The summed E-state index contributed by atoms with van der Waals surface area (Å²) >= 11 is 0. The van der Waals surface area contributed by atoms with Gasteiger partial charge in [0.15, 0.2) is 0 Å². The highest BCUT2D eigenvalue weighted by atomic mass is 19.1. The van der Waals surface area contributed by atoms with Gasteiger partial charge in [-0.05, 0) is 29.5 Å². The molecule has 34 heavy (non-hydrogen) atoms. The second kappa shape index (κ2) is 10.2. The van der Waals surface area contributed by atoms with Gasteiger partial charge >= 0.3 is 0 Å². The summed E-state index contributed by atoms with van der Waals surface area (Å²) in [5, 5.41) is 3.10. The predicted molar refractivity (Wildman–Crippen MR) is 129 cm³/mol. The molecule has 4 atom stereocenters. The molecular formula is C27H31FN4O2. The molecule has 1 aliphatic heterocycles. The van der Waals surface area contributed by atoms with E-state index in [0.717, 1.165) is 11.1 Å². The first-order valence-corrected chi connectivity index (χ1v) is 11.7. The zero-order valence-corrected chi connectivity index (χ0v) is 19.8. The van der Waals surface area contributed by atoms with E-state index in [0.29, 0.717) is 5.92 Å². The summed E-state index contributed by atoms with van der Waals surface area (Å²) in [5.41, 5.74) is 3.07. The number of alkyl halides is 1. The van der Waals surface area contributed by atoms with Gasteiger partial charge in [-0.2, -0.15) is 0 Å². The maximum Gasteiger partial charge on any atom is 0.246 e. The van der Waals surface area contributed by atoms with Gasteiger partial charge in [-0.3, -0.25) is 9.59 Å². The van der Waals surface area contributed by atoms with Crippen LogP contribution in [0, 0.1) is 0 Å². The Balaban J connectivity index is 1.58. The number of likely N-dealkylation sites (tertiary alicyclic amines) is 1. The third-order valence-corrected chi connectivity index (χ3v) is 6.52. The molecule has 1 aliphatic rings. The molecule has 2 aromatic carbocycles. The number of amides is 2. The lowest BCUT2D eigenvalue weighted by Crippen LogP contribution is -2.48. The van der Waals surface area contributed by atoms with Crippen molar-refractivity contribution in [3.63, 3.8) is 0 Å². The molecule has 0 bridgehead atoms. The third kappa shape index (κ3) is 5.03. The fraction of sp³-hybridized carbons (Fsp3) is 0.370. The van der Waals surface area contributed by atoms with Gasteiger partial charge in [0.25, 0.3) is 0 Å². The highest BCUT2D eigenvalue weighted by Gasteiger charge is 2.42. The molecule has 1 aromatic heterocycles. The summed E-state index contributed by atoms with van der Waals surface area (Å²) in [5.74, 6) is -0.250. The highest BCUT2D eigenvalue weighted by Crippen LogP contribution is 2.28. The Bertz CT molecular complexity index is 1100. The van der Waals surface area contributed by atoms with Crippen molar-refractivity contribution in [3.8, 4) is 0 Å². The minimum atomic E-state index is -1.24. The first-order valence-electron chi connectivity index (χ1n) is 11.7. The normalized spacial score (nSPS) is 19.7. The first-order chi connectivity index (χ1) is 16.3. The number of imidazole rings is 1. The number of benzene rings is 2. The van der Waals surface area contributed by atoms with Crippen molar-refractivity contribution < 1.29 is 14.0 Å². The van der Waals surface area contributed by atoms with Crippen LogP contribution in [0.25, 0.3) is 0 Å². The number of carbonyl (C=O) groups is 2. The van der Waals surface area contributed by atoms with Crippen molar-refractivity contribution >= 4 is 11.8 Å². The van der Waals surface area contributed by atoms with Gasteiger partial charge in [0.05, 0.1) is 18.9 Å². The second-order valence-electron chi connectivity index (χ2n) is 9.20. The first kappa shape index (κ1) is 23.7. The Morgan fingerprint density at radius 3 is 2.26 bits per heavy atom. The van der Waals surface area contributed by atoms with E-state index in [1.807, 2.05) is 42.5 Å². The van der Waals surface area contributed by atoms with Gasteiger partial charge in [-0.25, -0.2) is 9.37 Å². The lowest BCUT2D eigenvalue weighted by atomic mass is 9.95. The molecule has 178 valence electrons. The summed E-state index contributed by atoms with van der Waals surface area (Å²) in [6.07, 6.45) is 3.57. The van der Waals surface area contributed by atoms with E-state index in [2.05, 4.69) is 36.3 Å². The van der Waals surface area contributed by atoms with Crippen molar-refractivity contribution in [1.82, 2.24) is 19.8 Å². The quantitative estimate of drug-likeness (QED) is 0.566. The van der Waals surface area contributed by atoms with Crippen molar-refractivity contribution in [2.75, 3.05) is 6.54 Å². The Hall–Kier alpha value is -3.48. The van der Waals surface area contributed by atoms with Crippen molar-refractivity contribution in [1.29, 1.82) is 0 Å². The van der Waals surface area contributed by atoms with Gasteiger partial charge in [0, 0.05) is 18.8 Å². The molecule has 2 amide bonds. The Kier molecular flexibility index (Phi) is 7.10. The third-order valence-electron chi connectivity index (χ3n) is 6.52. The summed E-state index contributed by atoms with van der Waals surface area (Å²) in [4.78, 5) is 32.0. The SMILES string of the molecule is CC(C)c1ccc(C(NC(=O)C2CC(F)CN2C(=O)C(C)n2ccnc2)c2ccccc2)cc1. The van der Waals surface area contributed by atoms with Crippen molar-refractivity contribution in [2.45, 2.75) is 57.4 Å². The van der Waals surface area contributed by atoms with E-state index in [1.165, 1.54) is 10.5 Å². The maximum atomic E-state index is 14.5. The smallest absolute Gasteiger partial charge is 0.246 e. The summed E-state index contributed by atoms with van der Waals surface area (Å²) in [6.45, 7) is 5.91. The van der Waals surface area contributed by atoms with Crippen LogP contribution in [0.4, 0.5) is 4.39 Å². The van der Waals surface area contributed by atoms with Crippen LogP contribution in [-0.2, 0) is 9.59 Å². The van der Waals surface area contributed by atoms with Gasteiger partial charge in [0.1, 0.15) is 18.3 Å². The molecule has 1 fully saturated rings. The number of hydrogen-bond donors (Lipinski definition) is 1. The molecule has 0 radical (unpaired) electrons. The summed E-state index contributed by atoms with van der Waals surface area (Å²) < 4.78 is 16.1. The fourth-order valence-corrected chi connectivity index (χ4v) is 4.46. The average molecular weight is 463 g/mol. The van der Waals surface area contributed by atoms with Crippen LogP contribution in [0.15, 0.2) is 73.3 Å². The molecule has 0 aliphatic carbocycles. The second-order valence-corrected chi connectivity index (χ2v) is 9.20. The molecule has 3 aromatic rings. The summed E-state index contributed by atoms with van der Waals surface area (Å²) in [6, 6.07) is 16.0. The zero-order valence-electron chi connectivity index (χ0n) is 19.8. The van der Waals surface area contributed by atoms with Gasteiger partial charge in [-0.1, -0.05) is 68.4 Å². The molecule has 7 heteroatoms. The fourth-order valence-electron chi connectivity index (χ4n) is 4.46. The van der Waals surface area contributed by atoms with Crippen LogP contribution in [0.3, 0.4) is 0 Å². The van der Waals surface area contributed by atoms with E-state index in [1.54, 1.807) is 30.2 Å². The Labute approximate surface area is 199 Å². The number of carbonyl (C=O) groups excluding carboxylic acids is 2. The highest BCUT2D eigenvalue weighted by molar-refractivity contribution is 5.90. The molecule has 4 rings (SSSR count). The molecule has 6 nitrogen and oxygen atoms in total. The van der Waals surface area contributed by atoms with E-state index in [4.69, 9.17) is 0 Å². The van der Waals surface area contributed by atoms with E-state index >= 15 is 0 Å². The minimum absolute atomic E-state index is 0.0119. The van der Waals surface area contributed by atoms with E-state index < -0.39 is 24.3 Å². The number of nitrogens with zero attached hydrogens (tertiary/aromatic N) is 3. The molecule has 1 N–H and O–H groups in total. The average Bonchev–Trinajstić information content (AvgIpc) is 3.52. The van der Waals surface area contributed by atoms with E-state index in [9.17, 15) is 14.0 Å². The Morgan fingerprint density at radius 1 is 1.00 bits per heavy atom. The van der Waals surface area contributed by atoms with Crippen LogP contribution in [-0.4, -0.2) is 45.0 Å². The van der Waals surface area contributed by atoms with Crippen molar-refractivity contribution in [2.24, 2.45) is 0 Å². The number of rotatable bonds is 7. The monoisotopic (exact) mass is 462 g/mol. The van der Waals surface area contributed by atoms with Gasteiger partial charge < -0.3 is 14.8 Å². The topological polar surface area (TPSA) is 67.2 Å². The van der Waals surface area contributed by atoms with Crippen LogP contribution < -0.4 is 5.32 Å². The molecular weight excluding hydrogens is 431 g/mol. The van der Waals surface area contributed by atoms with Crippen LogP contribution >= 0.6 is 0 Å². The molecule has 0 saturated carbocycles. The molecule has 0 spiro atoms. The van der Waals surface area contributed by atoms with E-state index in [-0.39, 0.29) is 24.8 Å². The Morgan fingerprint density at radius 2 is 1.65 bits per heavy atom. The molecule has 2 heterocycles. The molecule has 4 unspecified atom stereocenters. The van der Waals surface area contributed by atoms with Gasteiger partial charge in [-0.15, -0.1) is 0 Å². The number of halogens is 1.